The monoisotopic (exact) mass is 1490 g/mol. The molecule has 103 heavy (non-hydrogen) atoms. The maximum atomic E-state index is 14.8. The Morgan fingerprint density at radius 3 is 1.00 bits per heavy atom. The van der Waals surface area contributed by atoms with Gasteiger partial charge in [0.2, 0.25) is 11.8 Å². The summed E-state index contributed by atoms with van der Waals surface area (Å²) in [4.78, 5) is 77.7. The SMILES string of the molecule is C.C.C.CCCCCCCCCCC[C@H](CC(=O)NC1[C@H](OC[C@H](NC(=O)C[C@@H](CCCCCCCCCCC)OCCCCCCCCCC)C(=O)O)OC(CO)[C@@H](OP(=O)(O)O)[C@@H]1OC(=O)C[C@@H](CCCCCCCCCCC)OCCCCCCCCCC)OCCCCCCCCCC. The molecule has 18 nitrogen and oxygen atoms in total. The van der Waals surface area contributed by atoms with Crippen LogP contribution in [0.25, 0.3) is 0 Å². The van der Waals surface area contributed by atoms with Crippen molar-refractivity contribution in [1.82, 2.24) is 10.6 Å². The zero-order valence-corrected chi connectivity index (χ0v) is 66.1. The third-order valence-corrected chi connectivity index (χ3v) is 20.4. The van der Waals surface area contributed by atoms with E-state index in [1.54, 1.807) is 0 Å². The number of amides is 2. The van der Waals surface area contributed by atoms with Crippen LogP contribution < -0.4 is 10.6 Å². The minimum atomic E-state index is -5.44. The summed E-state index contributed by atoms with van der Waals surface area (Å²) in [5, 5.41) is 27.3. The summed E-state index contributed by atoms with van der Waals surface area (Å²) in [5.41, 5.74) is 0. The highest BCUT2D eigenvalue weighted by atomic mass is 31.2. The van der Waals surface area contributed by atoms with E-state index in [1.807, 2.05) is 0 Å². The third-order valence-electron chi connectivity index (χ3n) is 19.9. The molecule has 0 spiro atoms. The smallest absolute Gasteiger partial charge is 0.470 e. The standard InChI is InChI=1S/C81H157N2O16P.3CH4/c1-7-13-19-25-31-37-40-46-52-58-69(93-61-55-49-43-34-28-22-16-10-4)64-74(85)82-72(80(88)89)68-96-81-77(83-75(86)65-70(59-53-47-41-38-32-26-20-14-8-2)94-62-56-50-44-35-29-23-17-11-5)79(78(73(67-84)97-81)99-100(90,91)92)98-76(87)66-71(60-54-48-42-39-33-27-21-15-9-3)95-63-57-51-45-36-30-24-18-12-6;;;/h69-73,77-79,81,84H,7-68H2,1-6H3,(H,82,85)(H,83,86)(H,88,89)(H2,90,91,92);3*1H4/t69-,70-,71-,72+,73?,77?,78-,79-,81-;;;/m1.../s1. The largest absolute Gasteiger partial charge is 0.480 e. The first-order valence-corrected chi connectivity index (χ1v) is 43.7. The molecule has 2 unspecified atom stereocenters. The third kappa shape index (κ3) is 62.2. The fourth-order valence-corrected chi connectivity index (χ4v) is 14.2. The van der Waals surface area contributed by atoms with Gasteiger partial charge in [-0.05, 0) is 38.5 Å². The quantitative estimate of drug-likeness (QED) is 0.0188. The number of phosphoric ester groups is 1. The van der Waals surface area contributed by atoms with Crippen LogP contribution in [0.3, 0.4) is 0 Å². The van der Waals surface area contributed by atoms with Crippen LogP contribution in [0, 0.1) is 0 Å². The molecule has 616 valence electrons. The van der Waals surface area contributed by atoms with Crippen LogP contribution in [0.15, 0.2) is 0 Å². The number of aliphatic hydroxyl groups is 1. The van der Waals surface area contributed by atoms with E-state index in [9.17, 15) is 43.7 Å². The maximum absolute atomic E-state index is 14.8. The van der Waals surface area contributed by atoms with E-state index < -0.39 is 99.8 Å². The average Bonchev–Trinajstić information content (AvgIpc) is 0.781. The van der Waals surface area contributed by atoms with E-state index in [-0.39, 0.29) is 41.5 Å². The molecule has 1 aliphatic heterocycles. The number of esters is 1. The summed E-state index contributed by atoms with van der Waals surface area (Å²) >= 11 is 0. The van der Waals surface area contributed by atoms with Gasteiger partial charge in [-0.2, -0.15) is 0 Å². The number of hydrogen-bond acceptors (Lipinski definition) is 13. The first-order chi connectivity index (χ1) is 48.7. The minimum absolute atomic E-state index is 0. The predicted molar refractivity (Wildman–Crippen MR) is 427 cm³/mol. The number of aliphatic hydroxyl groups excluding tert-OH is 1. The molecule has 2 amide bonds. The van der Waals surface area contributed by atoms with Crippen molar-refractivity contribution in [3.63, 3.8) is 0 Å². The predicted octanol–water partition coefficient (Wildman–Crippen LogP) is 22.6. The fourth-order valence-electron chi connectivity index (χ4n) is 13.7. The van der Waals surface area contributed by atoms with Crippen molar-refractivity contribution in [2.24, 2.45) is 0 Å². The van der Waals surface area contributed by atoms with E-state index in [0.29, 0.717) is 39.1 Å². The Balaban J connectivity index is -0.0000333. The summed E-state index contributed by atoms with van der Waals surface area (Å²) in [6.45, 7) is 13.0. The molecule has 1 saturated heterocycles. The number of rotatable bonds is 76. The van der Waals surface area contributed by atoms with Crippen molar-refractivity contribution in [2.75, 3.05) is 33.0 Å². The molecule has 0 aromatic heterocycles. The molecule has 0 bridgehead atoms. The number of hydrogen-bond donors (Lipinski definition) is 6. The number of carbonyl (C=O) groups is 4. The van der Waals surface area contributed by atoms with Gasteiger partial charge in [-0.3, -0.25) is 18.9 Å². The van der Waals surface area contributed by atoms with Crippen molar-refractivity contribution in [3.8, 4) is 0 Å². The lowest BCUT2D eigenvalue weighted by atomic mass is 9.95. The molecule has 0 radical (unpaired) electrons. The van der Waals surface area contributed by atoms with Crippen LogP contribution >= 0.6 is 7.82 Å². The maximum Gasteiger partial charge on any atom is 0.470 e. The van der Waals surface area contributed by atoms with E-state index in [0.717, 1.165) is 148 Å². The number of carboxylic acids is 1. The Labute approximate surface area is 633 Å². The molecule has 0 saturated carbocycles. The van der Waals surface area contributed by atoms with Gasteiger partial charge in [-0.25, -0.2) is 9.36 Å². The van der Waals surface area contributed by atoms with Crippen molar-refractivity contribution >= 4 is 31.6 Å². The second-order valence-electron chi connectivity index (χ2n) is 29.5. The molecule has 0 aromatic rings. The average molecular weight is 1490 g/mol. The summed E-state index contributed by atoms with van der Waals surface area (Å²) in [7, 11) is -5.44. The number of nitrogens with one attached hydrogen (secondary N) is 2. The van der Waals surface area contributed by atoms with Crippen molar-refractivity contribution in [2.45, 2.75) is 485 Å². The summed E-state index contributed by atoms with van der Waals surface area (Å²) in [5.74, 6) is -3.33. The lowest BCUT2D eigenvalue weighted by molar-refractivity contribution is -0.272. The van der Waals surface area contributed by atoms with Crippen LogP contribution in [-0.2, 0) is 56.7 Å². The summed E-state index contributed by atoms with van der Waals surface area (Å²) in [6.07, 6.45) is 50.2. The van der Waals surface area contributed by atoms with Crippen molar-refractivity contribution in [3.05, 3.63) is 0 Å². The molecule has 0 aromatic carbocycles. The second-order valence-corrected chi connectivity index (χ2v) is 30.7. The first-order valence-electron chi connectivity index (χ1n) is 42.1. The van der Waals surface area contributed by atoms with E-state index >= 15 is 0 Å². The van der Waals surface area contributed by atoms with Gasteiger partial charge in [0.25, 0.3) is 0 Å². The fraction of sp³-hybridized carbons (Fsp3) is 0.952. The Morgan fingerprint density at radius 1 is 0.408 bits per heavy atom. The molecular weight excluding hydrogens is 1320 g/mol. The summed E-state index contributed by atoms with van der Waals surface area (Å²) in [6, 6.07) is -3.22. The molecule has 9 atom stereocenters. The topological polar surface area (TPSA) is 255 Å². The zero-order chi connectivity index (χ0) is 73.2. The van der Waals surface area contributed by atoms with Crippen LogP contribution in [0.4, 0.5) is 0 Å². The Kier molecular flexibility index (Phi) is 76.6. The number of carboxylic acid groups (broad SMARTS) is 1. The van der Waals surface area contributed by atoms with Crippen molar-refractivity contribution < 1.29 is 76.7 Å². The highest BCUT2D eigenvalue weighted by molar-refractivity contribution is 7.46. The van der Waals surface area contributed by atoms with Gasteiger partial charge in [0.15, 0.2) is 18.4 Å². The molecular formula is C84H169N2O16P. The lowest BCUT2D eigenvalue weighted by Crippen LogP contribution is -2.66. The van der Waals surface area contributed by atoms with Crippen LogP contribution in [0.2, 0.25) is 0 Å². The number of phosphoric acid groups is 1. The van der Waals surface area contributed by atoms with Gasteiger partial charge in [-0.15, -0.1) is 0 Å². The highest BCUT2D eigenvalue weighted by Crippen LogP contribution is 2.42. The zero-order valence-electron chi connectivity index (χ0n) is 65.2. The second kappa shape index (κ2) is 75.2. The van der Waals surface area contributed by atoms with Crippen LogP contribution in [0.1, 0.15) is 430 Å². The van der Waals surface area contributed by atoms with E-state index in [2.05, 4.69) is 52.2 Å². The Bertz CT molecular complexity index is 1850. The first kappa shape index (κ1) is 105. The molecule has 0 aliphatic carbocycles. The molecule has 1 rings (SSSR count). The van der Waals surface area contributed by atoms with Gasteiger partial charge in [0.1, 0.15) is 18.2 Å². The molecule has 19 heteroatoms. The molecule has 1 heterocycles. The van der Waals surface area contributed by atoms with E-state index in [4.69, 9.17) is 32.9 Å². The number of aliphatic carboxylic acids is 1. The Hall–Kier alpha value is -2.25. The number of carbonyl (C=O) groups excluding carboxylic acids is 3. The molecule has 1 fully saturated rings. The van der Waals surface area contributed by atoms with Crippen LogP contribution in [0.5, 0.6) is 0 Å². The van der Waals surface area contributed by atoms with Gasteiger partial charge in [0, 0.05) is 19.8 Å². The normalized spacial score (nSPS) is 17.2. The van der Waals surface area contributed by atoms with Crippen LogP contribution in [-0.4, -0.2) is 132 Å². The number of unbranched alkanes of at least 4 members (excludes halogenated alkanes) is 45. The Morgan fingerprint density at radius 2 is 0.699 bits per heavy atom. The van der Waals surface area contributed by atoms with Gasteiger partial charge in [-0.1, -0.05) is 372 Å². The molecule has 6 N–H and O–H groups in total. The van der Waals surface area contributed by atoms with Gasteiger partial charge in [0.05, 0.1) is 50.8 Å². The lowest BCUT2D eigenvalue weighted by Gasteiger charge is -2.45. The van der Waals surface area contributed by atoms with Gasteiger partial charge >= 0.3 is 19.8 Å². The molecule has 1 aliphatic rings. The van der Waals surface area contributed by atoms with Gasteiger partial charge < -0.3 is 59.1 Å². The highest BCUT2D eigenvalue weighted by Gasteiger charge is 2.52. The van der Waals surface area contributed by atoms with E-state index in [1.165, 1.54) is 180 Å². The number of ether oxygens (including phenoxy) is 6. The summed E-state index contributed by atoms with van der Waals surface area (Å²) < 4.78 is 56.7. The van der Waals surface area contributed by atoms with Crippen molar-refractivity contribution in [1.29, 1.82) is 0 Å². The minimum Gasteiger partial charge on any atom is -0.480 e.